The van der Waals surface area contributed by atoms with Gasteiger partial charge in [-0.25, -0.2) is 0 Å². The second-order valence-corrected chi connectivity index (χ2v) is 4.77. The van der Waals surface area contributed by atoms with Crippen LogP contribution in [0.5, 0.6) is 5.75 Å². The first-order valence-electron chi connectivity index (χ1n) is 5.97. The average molecular weight is 313 g/mol. The van der Waals surface area contributed by atoms with Crippen molar-refractivity contribution >= 4 is 27.5 Å². The number of benzene rings is 1. The van der Waals surface area contributed by atoms with Gasteiger partial charge in [-0.1, -0.05) is 22.9 Å². The lowest BCUT2D eigenvalue weighted by atomic mass is 9.98. The van der Waals surface area contributed by atoms with Gasteiger partial charge in [0.1, 0.15) is 5.75 Å². The molecule has 0 spiro atoms. The van der Waals surface area contributed by atoms with Gasteiger partial charge in [0, 0.05) is 22.9 Å². The summed E-state index contributed by atoms with van der Waals surface area (Å²) in [6.45, 7) is 3.94. The van der Waals surface area contributed by atoms with Crippen molar-refractivity contribution in [2.75, 3.05) is 11.9 Å². The molecular formula is C14H17BrO3. The highest BCUT2D eigenvalue weighted by molar-refractivity contribution is 9.09. The van der Waals surface area contributed by atoms with Gasteiger partial charge in [0.05, 0.1) is 6.61 Å². The zero-order valence-corrected chi connectivity index (χ0v) is 12.2. The lowest BCUT2D eigenvalue weighted by Gasteiger charge is -2.09. The van der Waals surface area contributed by atoms with Gasteiger partial charge >= 0.3 is 0 Å². The van der Waals surface area contributed by atoms with Crippen molar-refractivity contribution in [2.24, 2.45) is 0 Å². The summed E-state index contributed by atoms with van der Waals surface area (Å²) in [5, 5.41) is 0.721. The maximum atomic E-state index is 11.9. The average Bonchev–Trinajstić information content (AvgIpc) is 2.36. The minimum atomic E-state index is -0.112. The smallest absolute Gasteiger partial charge is 0.163 e. The molecule has 0 heterocycles. The summed E-state index contributed by atoms with van der Waals surface area (Å²) in [6.07, 6.45) is 1.24. The quantitative estimate of drug-likeness (QED) is 0.570. The van der Waals surface area contributed by atoms with Gasteiger partial charge in [-0.3, -0.25) is 9.59 Å². The molecule has 3 nitrogen and oxygen atoms in total. The molecule has 0 amide bonds. The van der Waals surface area contributed by atoms with Crippen LogP contribution in [0.1, 0.15) is 47.4 Å². The van der Waals surface area contributed by atoms with E-state index in [0.29, 0.717) is 29.9 Å². The molecule has 0 aliphatic carbocycles. The lowest BCUT2D eigenvalue weighted by molar-refractivity contribution is 0.0961. The maximum absolute atomic E-state index is 11.9. The minimum Gasteiger partial charge on any atom is -0.493 e. The third-order valence-corrected chi connectivity index (χ3v) is 2.82. The molecule has 0 saturated carbocycles. The van der Waals surface area contributed by atoms with E-state index in [1.165, 1.54) is 6.92 Å². The number of carbonyl (C=O) groups excluding carboxylic acids is 2. The molecule has 0 aliphatic heterocycles. The topological polar surface area (TPSA) is 43.4 Å². The first kappa shape index (κ1) is 14.9. The van der Waals surface area contributed by atoms with Crippen molar-refractivity contribution in [3.8, 4) is 5.75 Å². The van der Waals surface area contributed by atoms with Crippen LogP contribution in [0.4, 0.5) is 0 Å². The molecule has 0 saturated heterocycles. The normalized spacial score (nSPS) is 10.2. The Bertz CT molecular complexity index is 441. The van der Waals surface area contributed by atoms with E-state index < -0.39 is 0 Å². The van der Waals surface area contributed by atoms with Gasteiger partial charge < -0.3 is 4.74 Å². The summed E-state index contributed by atoms with van der Waals surface area (Å²) in [7, 11) is 0. The third kappa shape index (κ3) is 3.95. The standard InChI is InChI=1S/C14H17BrO3/c1-3-4-14(17)12-6-5-11(18-8-7-15)9-13(12)10(2)16/h5-6,9H,3-4,7-8H2,1-2H3. The Hall–Kier alpha value is -1.16. The maximum Gasteiger partial charge on any atom is 0.163 e. The fraction of sp³-hybridized carbons (Fsp3) is 0.429. The SMILES string of the molecule is CCCC(=O)c1ccc(OCCBr)cc1C(C)=O. The van der Waals surface area contributed by atoms with Crippen LogP contribution in [0.25, 0.3) is 0 Å². The molecular weight excluding hydrogens is 296 g/mol. The van der Waals surface area contributed by atoms with Gasteiger partial charge in [0.15, 0.2) is 11.6 Å². The van der Waals surface area contributed by atoms with Crippen molar-refractivity contribution in [1.82, 2.24) is 0 Å². The lowest BCUT2D eigenvalue weighted by Crippen LogP contribution is -2.08. The molecule has 0 bridgehead atoms. The van der Waals surface area contributed by atoms with Crippen LogP contribution in [0.2, 0.25) is 0 Å². The molecule has 98 valence electrons. The summed E-state index contributed by atoms with van der Waals surface area (Å²) in [6, 6.07) is 5.06. The summed E-state index contributed by atoms with van der Waals surface area (Å²) in [5.41, 5.74) is 0.941. The van der Waals surface area contributed by atoms with E-state index >= 15 is 0 Å². The summed E-state index contributed by atoms with van der Waals surface area (Å²) in [5.74, 6) is 0.515. The molecule has 0 aromatic heterocycles. The van der Waals surface area contributed by atoms with E-state index in [0.717, 1.165) is 11.8 Å². The van der Waals surface area contributed by atoms with Crippen LogP contribution >= 0.6 is 15.9 Å². The van der Waals surface area contributed by atoms with Crippen LogP contribution in [-0.2, 0) is 0 Å². The number of ketones is 2. The van der Waals surface area contributed by atoms with E-state index in [4.69, 9.17) is 4.74 Å². The van der Waals surface area contributed by atoms with Gasteiger partial charge in [-0.2, -0.15) is 0 Å². The molecule has 0 radical (unpaired) electrons. The first-order valence-corrected chi connectivity index (χ1v) is 7.09. The largest absolute Gasteiger partial charge is 0.493 e. The molecule has 0 N–H and O–H groups in total. The molecule has 1 aromatic carbocycles. The van der Waals surface area contributed by atoms with E-state index in [2.05, 4.69) is 15.9 Å². The molecule has 0 unspecified atom stereocenters. The number of alkyl halides is 1. The number of hydrogen-bond acceptors (Lipinski definition) is 3. The van der Waals surface area contributed by atoms with E-state index in [9.17, 15) is 9.59 Å². The zero-order chi connectivity index (χ0) is 13.5. The Kier molecular flexibility index (Phi) is 6.05. The Labute approximate surface area is 116 Å². The molecule has 1 aromatic rings. The number of rotatable bonds is 7. The highest BCUT2D eigenvalue weighted by Crippen LogP contribution is 2.20. The predicted octanol–water partition coefficient (Wildman–Crippen LogP) is 3.65. The summed E-state index contributed by atoms with van der Waals surface area (Å²) < 4.78 is 5.43. The Morgan fingerprint density at radius 1 is 1.28 bits per heavy atom. The molecule has 1 rings (SSSR count). The Morgan fingerprint density at radius 2 is 2.00 bits per heavy atom. The van der Waals surface area contributed by atoms with Crippen molar-refractivity contribution in [1.29, 1.82) is 0 Å². The molecule has 0 aliphatic rings. The van der Waals surface area contributed by atoms with Crippen molar-refractivity contribution in [3.63, 3.8) is 0 Å². The van der Waals surface area contributed by atoms with Crippen molar-refractivity contribution < 1.29 is 14.3 Å². The van der Waals surface area contributed by atoms with E-state index in [1.54, 1.807) is 18.2 Å². The van der Waals surface area contributed by atoms with Gasteiger partial charge in [0.2, 0.25) is 0 Å². The van der Waals surface area contributed by atoms with E-state index in [1.807, 2.05) is 6.92 Å². The zero-order valence-electron chi connectivity index (χ0n) is 10.7. The number of hydrogen-bond donors (Lipinski definition) is 0. The van der Waals surface area contributed by atoms with Gasteiger partial charge in [-0.05, 0) is 31.5 Å². The number of ether oxygens (including phenoxy) is 1. The van der Waals surface area contributed by atoms with Crippen LogP contribution in [0.3, 0.4) is 0 Å². The summed E-state index contributed by atoms with van der Waals surface area (Å²) >= 11 is 3.27. The Balaban J connectivity index is 3.04. The number of halogens is 1. The highest BCUT2D eigenvalue weighted by Gasteiger charge is 2.14. The monoisotopic (exact) mass is 312 g/mol. The van der Waals surface area contributed by atoms with Crippen LogP contribution < -0.4 is 4.74 Å². The number of carbonyl (C=O) groups is 2. The second kappa shape index (κ2) is 7.31. The van der Waals surface area contributed by atoms with Crippen molar-refractivity contribution in [2.45, 2.75) is 26.7 Å². The van der Waals surface area contributed by atoms with Gasteiger partial charge in [-0.15, -0.1) is 0 Å². The molecule has 0 fully saturated rings. The fourth-order valence-corrected chi connectivity index (χ4v) is 1.83. The highest BCUT2D eigenvalue weighted by atomic mass is 79.9. The molecule has 0 atom stereocenters. The third-order valence-electron chi connectivity index (χ3n) is 2.49. The van der Waals surface area contributed by atoms with Crippen LogP contribution in [-0.4, -0.2) is 23.5 Å². The van der Waals surface area contributed by atoms with Gasteiger partial charge in [0.25, 0.3) is 0 Å². The Morgan fingerprint density at radius 3 is 2.56 bits per heavy atom. The first-order chi connectivity index (χ1) is 8.60. The molecule has 18 heavy (non-hydrogen) atoms. The minimum absolute atomic E-state index is 0.00902. The van der Waals surface area contributed by atoms with Crippen molar-refractivity contribution in [3.05, 3.63) is 29.3 Å². The summed E-state index contributed by atoms with van der Waals surface area (Å²) in [4.78, 5) is 23.5. The fourth-order valence-electron chi connectivity index (χ4n) is 1.67. The number of Topliss-reactive ketones (excluding diaryl/α,β-unsaturated/α-hetero) is 2. The van der Waals surface area contributed by atoms with Crippen LogP contribution in [0.15, 0.2) is 18.2 Å². The predicted molar refractivity (Wildman–Crippen MR) is 75.0 cm³/mol. The van der Waals surface area contributed by atoms with Crippen LogP contribution in [0, 0.1) is 0 Å². The molecule has 4 heteroatoms. The second-order valence-electron chi connectivity index (χ2n) is 3.97. The van der Waals surface area contributed by atoms with E-state index in [-0.39, 0.29) is 11.6 Å².